The van der Waals surface area contributed by atoms with E-state index < -0.39 is 11.9 Å². The standard InChI is InChI=1S/C19H22N8O2S/c1-10(26-16(28)11-5-14(20)24-8-22-11)18-21-7-12(30-18)17(29)27-15-6-13(19(2,3)4)23-9-25-15/h5-10H,1-4H3,(H,26,28)(H2,20,22,24)(H,23,25,27,29). The summed E-state index contributed by atoms with van der Waals surface area (Å²) in [4.78, 5) is 45.5. The van der Waals surface area contributed by atoms with Crippen molar-refractivity contribution in [1.82, 2.24) is 30.2 Å². The van der Waals surface area contributed by atoms with Crippen LogP contribution in [0.1, 0.15) is 64.6 Å². The Morgan fingerprint density at radius 2 is 1.77 bits per heavy atom. The van der Waals surface area contributed by atoms with Gasteiger partial charge in [-0.1, -0.05) is 20.8 Å². The number of nitrogen functional groups attached to an aromatic ring is 1. The van der Waals surface area contributed by atoms with Gasteiger partial charge in [-0.3, -0.25) is 9.59 Å². The Bertz CT molecular complexity index is 1080. The van der Waals surface area contributed by atoms with Gasteiger partial charge in [0, 0.05) is 17.5 Å². The van der Waals surface area contributed by atoms with Gasteiger partial charge in [0.25, 0.3) is 11.8 Å². The van der Waals surface area contributed by atoms with E-state index in [-0.39, 0.29) is 22.8 Å². The quantitative estimate of drug-likeness (QED) is 0.563. The number of hydrogen-bond donors (Lipinski definition) is 3. The van der Waals surface area contributed by atoms with Crippen LogP contribution < -0.4 is 16.4 Å². The lowest BCUT2D eigenvalue weighted by molar-refractivity contribution is 0.0934. The first kappa shape index (κ1) is 21.2. The van der Waals surface area contributed by atoms with Crippen LogP contribution in [0.5, 0.6) is 0 Å². The largest absolute Gasteiger partial charge is 0.384 e. The van der Waals surface area contributed by atoms with Crippen LogP contribution in [0.2, 0.25) is 0 Å². The topological polar surface area (TPSA) is 149 Å². The molecule has 0 aromatic carbocycles. The maximum Gasteiger partial charge on any atom is 0.270 e. The molecule has 0 aliphatic heterocycles. The Morgan fingerprint density at radius 3 is 2.47 bits per heavy atom. The highest BCUT2D eigenvalue weighted by Crippen LogP contribution is 2.23. The normalized spacial score (nSPS) is 12.3. The van der Waals surface area contributed by atoms with Gasteiger partial charge in [-0.15, -0.1) is 11.3 Å². The number of rotatable bonds is 5. The van der Waals surface area contributed by atoms with Crippen molar-refractivity contribution in [1.29, 1.82) is 0 Å². The van der Waals surface area contributed by atoms with E-state index in [0.29, 0.717) is 15.7 Å². The van der Waals surface area contributed by atoms with Crippen molar-refractivity contribution in [3.63, 3.8) is 0 Å². The zero-order chi connectivity index (χ0) is 21.9. The van der Waals surface area contributed by atoms with Crippen LogP contribution in [0, 0.1) is 0 Å². The summed E-state index contributed by atoms with van der Waals surface area (Å²) in [6.45, 7) is 7.86. The molecule has 0 bridgehead atoms. The van der Waals surface area contributed by atoms with Crippen molar-refractivity contribution in [3.05, 3.63) is 52.3 Å². The van der Waals surface area contributed by atoms with E-state index in [0.717, 1.165) is 5.69 Å². The van der Waals surface area contributed by atoms with Crippen molar-refractivity contribution in [2.75, 3.05) is 11.1 Å². The van der Waals surface area contributed by atoms with E-state index in [2.05, 4.69) is 35.6 Å². The lowest BCUT2D eigenvalue weighted by atomic mass is 9.92. The summed E-state index contributed by atoms with van der Waals surface area (Å²) >= 11 is 1.18. The highest BCUT2D eigenvalue weighted by molar-refractivity contribution is 7.13. The molecule has 3 aromatic heterocycles. The summed E-state index contributed by atoms with van der Waals surface area (Å²) < 4.78 is 0. The Balaban J connectivity index is 1.66. The van der Waals surface area contributed by atoms with Gasteiger partial charge in [0.2, 0.25) is 0 Å². The molecule has 3 heterocycles. The molecule has 0 aliphatic carbocycles. The maximum absolute atomic E-state index is 12.6. The second-order valence-corrected chi connectivity index (χ2v) is 8.64. The van der Waals surface area contributed by atoms with Gasteiger partial charge in [0.15, 0.2) is 0 Å². The van der Waals surface area contributed by atoms with Gasteiger partial charge >= 0.3 is 0 Å². The van der Waals surface area contributed by atoms with E-state index in [9.17, 15) is 9.59 Å². The van der Waals surface area contributed by atoms with Crippen molar-refractivity contribution < 1.29 is 9.59 Å². The minimum absolute atomic E-state index is 0.155. The molecule has 4 N–H and O–H groups in total. The number of hydrogen-bond acceptors (Lipinski definition) is 9. The molecule has 156 valence electrons. The van der Waals surface area contributed by atoms with Crippen LogP contribution in [0.4, 0.5) is 11.6 Å². The van der Waals surface area contributed by atoms with Crippen molar-refractivity contribution >= 4 is 34.8 Å². The Labute approximate surface area is 177 Å². The number of carbonyl (C=O) groups is 2. The fraction of sp³-hybridized carbons (Fsp3) is 0.316. The molecule has 1 atom stereocenters. The fourth-order valence-electron chi connectivity index (χ4n) is 2.44. The van der Waals surface area contributed by atoms with Crippen LogP contribution in [-0.2, 0) is 5.41 Å². The van der Waals surface area contributed by atoms with Gasteiger partial charge in [-0.25, -0.2) is 24.9 Å². The lowest BCUT2D eigenvalue weighted by Crippen LogP contribution is -2.27. The third-order valence-corrected chi connectivity index (χ3v) is 5.24. The summed E-state index contributed by atoms with van der Waals surface area (Å²) in [7, 11) is 0. The smallest absolute Gasteiger partial charge is 0.270 e. The van der Waals surface area contributed by atoms with Crippen LogP contribution in [-0.4, -0.2) is 36.7 Å². The molecule has 0 radical (unpaired) electrons. The lowest BCUT2D eigenvalue weighted by Gasteiger charge is -2.17. The van der Waals surface area contributed by atoms with Crippen molar-refractivity contribution in [3.8, 4) is 0 Å². The van der Waals surface area contributed by atoms with Gasteiger partial charge in [-0.05, 0) is 6.92 Å². The average molecular weight is 427 g/mol. The molecule has 3 aromatic rings. The van der Waals surface area contributed by atoms with Crippen LogP contribution >= 0.6 is 11.3 Å². The summed E-state index contributed by atoms with van der Waals surface area (Å²) in [6, 6.07) is 2.71. The van der Waals surface area contributed by atoms with Crippen LogP contribution in [0.3, 0.4) is 0 Å². The molecule has 0 saturated carbocycles. The van der Waals surface area contributed by atoms with E-state index in [1.165, 1.54) is 36.3 Å². The van der Waals surface area contributed by atoms with Gasteiger partial charge in [0.05, 0.1) is 17.9 Å². The molecule has 0 spiro atoms. The molecule has 0 fully saturated rings. The van der Waals surface area contributed by atoms with Crippen LogP contribution in [0.15, 0.2) is 31.0 Å². The second-order valence-electron chi connectivity index (χ2n) is 7.58. The fourth-order valence-corrected chi connectivity index (χ4v) is 3.25. The number of nitrogens with two attached hydrogens (primary N) is 1. The molecular weight excluding hydrogens is 404 g/mol. The summed E-state index contributed by atoms with van der Waals surface area (Å²) in [6.07, 6.45) is 4.11. The molecule has 3 rings (SSSR count). The van der Waals surface area contributed by atoms with E-state index in [1.54, 1.807) is 13.0 Å². The van der Waals surface area contributed by atoms with Crippen molar-refractivity contribution in [2.24, 2.45) is 0 Å². The second kappa shape index (κ2) is 8.49. The molecule has 30 heavy (non-hydrogen) atoms. The zero-order valence-corrected chi connectivity index (χ0v) is 17.8. The number of aromatic nitrogens is 5. The highest BCUT2D eigenvalue weighted by Gasteiger charge is 2.20. The van der Waals surface area contributed by atoms with Gasteiger partial charge in [0.1, 0.15) is 39.9 Å². The molecule has 11 heteroatoms. The number of carbonyl (C=O) groups excluding carboxylic acids is 2. The molecule has 2 amide bonds. The monoisotopic (exact) mass is 426 g/mol. The van der Waals surface area contributed by atoms with Crippen molar-refractivity contribution in [2.45, 2.75) is 39.2 Å². The predicted octanol–water partition coefficient (Wildman–Crippen LogP) is 2.35. The third kappa shape index (κ3) is 5.11. The first-order valence-electron chi connectivity index (χ1n) is 9.11. The minimum atomic E-state index is -0.424. The summed E-state index contributed by atoms with van der Waals surface area (Å²) in [5.41, 5.74) is 6.39. The Morgan fingerprint density at radius 1 is 1.03 bits per heavy atom. The average Bonchev–Trinajstić information content (AvgIpc) is 3.18. The van der Waals surface area contributed by atoms with E-state index in [1.807, 2.05) is 20.8 Å². The molecule has 1 unspecified atom stereocenters. The van der Waals surface area contributed by atoms with E-state index in [4.69, 9.17) is 5.73 Å². The Hall–Kier alpha value is -3.47. The summed E-state index contributed by atoms with van der Waals surface area (Å²) in [5, 5.41) is 6.11. The predicted molar refractivity (Wildman–Crippen MR) is 113 cm³/mol. The first-order valence-corrected chi connectivity index (χ1v) is 9.93. The van der Waals surface area contributed by atoms with Gasteiger partial charge in [-0.2, -0.15) is 0 Å². The first-order chi connectivity index (χ1) is 14.1. The van der Waals surface area contributed by atoms with Gasteiger partial charge < -0.3 is 16.4 Å². The number of anilines is 2. The highest BCUT2D eigenvalue weighted by atomic mass is 32.1. The maximum atomic E-state index is 12.6. The number of amides is 2. The number of nitrogens with one attached hydrogen (secondary N) is 2. The zero-order valence-electron chi connectivity index (χ0n) is 17.0. The molecular formula is C19H22N8O2S. The third-order valence-electron chi connectivity index (χ3n) is 4.06. The van der Waals surface area contributed by atoms with Crippen LogP contribution in [0.25, 0.3) is 0 Å². The molecule has 0 saturated heterocycles. The minimum Gasteiger partial charge on any atom is -0.384 e. The molecule has 10 nitrogen and oxygen atoms in total. The summed E-state index contributed by atoms with van der Waals surface area (Å²) in [5.74, 6) is -0.124. The Kier molecular flexibility index (Phi) is 6.01. The molecule has 0 aliphatic rings. The SMILES string of the molecule is CC(NC(=O)c1cc(N)ncn1)c1ncc(C(=O)Nc2cc(C(C)(C)C)ncn2)s1. The van der Waals surface area contributed by atoms with E-state index >= 15 is 0 Å². The number of thiazole rings is 1. The number of nitrogens with zero attached hydrogens (tertiary/aromatic N) is 5.